The molecule has 28 heavy (non-hydrogen) atoms. The fourth-order valence-corrected chi connectivity index (χ4v) is 6.39. The van der Waals surface area contributed by atoms with Crippen LogP contribution in [0, 0.1) is 5.92 Å². The van der Waals surface area contributed by atoms with Crippen molar-refractivity contribution >= 4 is 51.3 Å². The Balaban J connectivity index is 0.00000392. The van der Waals surface area contributed by atoms with E-state index in [-0.39, 0.29) is 24.0 Å². The molecular weight excluding hydrogens is 507 g/mol. The summed E-state index contributed by atoms with van der Waals surface area (Å²) in [5.74, 6) is 1.67. The van der Waals surface area contributed by atoms with Crippen LogP contribution in [0.25, 0.3) is 0 Å². The predicted molar refractivity (Wildman–Crippen MR) is 129 cm³/mol. The fraction of sp³-hybridized carbons (Fsp3) is 0.737. The van der Waals surface area contributed by atoms with Crippen LogP contribution < -0.4 is 10.6 Å². The molecule has 1 saturated carbocycles. The molecule has 0 bridgehead atoms. The lowest BCUT2D eigenvalue weighted by atomic mass is 9.87. The van der Waals surface area contributed by atoms with E-state index in [2.05, 4.69) is 22.5 Å². The first-order chi connectivity index (χ1) is 12.9. The Hall–Kier alpha value is -0.390. The van der Waals surface area contributed by atoms with E-state index in [9.17, 15) is 8.42 Å². The van der Waals surface area contributed by atoms with Crippen LogP contribution in [-0.2, 0) is 16.4 Å². The second-order valence-electron chi connectivity index (χ2n) is 7.16. The Morgan fingerprint density at radius 1 is 1.21 bits per heavy atom. The minimum Gasteiger partial charge on any atom is -0.356 e. The molecule has 1 fully saturated rings. The van der Waals surface area contributed by atoms with Gasteiger partial charge in [-0.2, -0.15) is 4.31 Å². The van der Waals surface area contributed by atoms with Gasteiger partial charge in [-0.1, -0.05) is 20.8 Å². The zero-order valence-corrected chi connectivity index (χ0v) is 21.4. The van der Waals surface area contributed by atoms with Gasteiger partial charge in [0.25, 0.3) is 10.0 Å². The van der Waals surface area contributed by atoms with E-state index >= 15 is 0 Å². The van der Waals surface area contributed by atoms with Gasteiger partial charge in [0.2, 0.25) is 0 Å². The minimum atomic E-state index is -3.35. The van der Waals surface area contributed by atoms with Crippen molar-refractivity contribution < 1.29 is 8.42 Å². The molecule has 1 aliphatic carbocycles. The molecule has 0 aromatic carbocycles. The second kappa shape index (κ2) is 12.3. The first-order valence-electron chi connectivity index (χ1n) is 9.96. The molecule has 1 aliphatic rings. The van der Waals surface area contributed by atoms with Crippen LogP contribution in [0.2, 0.25) is 0 Å². The topological polar surface area (TPSA) is 73.8 Å². The minimum absolute atomic E-state index is 0. The Kier molecular flexibility index (Phi) is 11.3. The Labute approximate surface area is 191 Å². The molecule has 1 aromatic heterocycles. The van der Waals surface area contributed by atoms with Gasteiger partial charge in [0.1, 0.15) is 4.21 Å². The zero-order valence-electron chi connectivity index (χ0n) is 17.4. The molecule has 0 unspecified atom stereocenters. The molecule has 1 heterocycles. The van der Waals surface area contributed by atoms with Gasteiger partial charge in [-0.05, 0) is 50.2 Å². The Morgan fingerprint density at radius 3 is 2.43 bits per heavy atom. The maximum absolute atomic E-state index is 12.6. The summed E-state index contributed by atoms with van der Waals surface area (Å²) in [5, 5.41) is 6.87. The normalized spacial score (nSPS) is 20.7. The fourth-order valence-electron chi connectivity index (χ4n) is 3.42. The number of hydrogen-bond acceptors (Lipinski definition) is 4. The van der Waals surface area contributed by atoms with Crippen LogP contribution in [0.4, 0.5) is 0 Å². The van der Waals surface area contributed by atoms with Crippen LogP contribution >= 0.6 is 35.3 Å². The molecule has 162 valence electrons. The molecular formula is C19H35IN4O2S2. The summed E-state index contributed by atoms with van der Waals surface area (Å²) in [6, 6.07) is 4.14. The predicted octanol–water partition coefficient (Wildman–Crippen LogP) is 3.68. The smallest absolute Gasteiger partial charge is 0.252 e. The van der Waals surface area contributed by atoms with Crippen LogP contribution in [-0.4, -0.2) is 51.4 Å². The highest BCUT2D eigenvalue weighted by atomic mass is 127. The number of guanidine groups is 1. The molecule has 0 radical (unpaired) electrons. The number of nitrogens with zero attached hydrogens (tertiary/aromatic N) is 2. The molecule has 9 heteroatoms. The Bertz CT molecular complexity index is 709. The van der Waals surface area contributed by atoms with Crippen LogP contribution in [0.15, 0.2) is 21.3 Å². The summed E-state index contributed by atoms with van der Waals surface area (Å²) in [6.45, 7) is 7.77. The summed E-state index contributed by atoms with van der Waals surface area (Å²) in [5.41, 5.74) is 0. The number of nitrogens with one attached hydrogen (secondary N) is 2. The van der Waals surface area contributed by atoms with Gasteiger partial charge in [-0.3, -0.25) is 4.99 Å². The molecule has 0 atom stereocenters. The number of halogens is 1. The lowest BCUT2D eigenvalue weighted by Gasteiger charge is -2.28. The average Bonchev–Trinajstić information content (AvgIpc) is 3.13. The van der Waals surface area contributed by atoms with Gasteiger partial charge in [0, 0.05) is 37.6 Å². The van der Waals surface area contributed by atoms with E-state index in [0.717, 1.165) is 29.7 Å². The summed E-state index contributed by atoms with van der Waals surface area (Å²) in [7, 11) is -1.56. The number of sulfonamides is 1. The summed E-state index contributed by atoms with van der Waals surface area (Å²) < 4.78 is 27.1. The largest absolute Gasteiger partial charge is 0.356 e. The van der Waals surface area contributed by atoms with Crippen molar-refractivity contribution in [1.29, 1.82) is 0 Å². The van der Waals surface area contributed by atoms with E-state index in [1.165, 1.54) is 41.3 Å². The van der Waals surface area contributed by atoms with E-state index in [1.807, 2.05) is 19.9 Å². The average molecular weight is 543 g/mol. The van der Waals surface area contributed by atoms with Crippen molar-refractivity contribution in [3.8, 4) is 0 Å². The second-order valence-corrected chi connectivity index (χ2v) is 10.5. The first kappa shape index (κ1) is 25.6. The lowest BCUT2D eigenvalue weighted by Crippen LogP contribution is -2.45. The van der Waals surface area contributed by atoms with Gasteiger partial charge in [0.15, 0.2) is 5.96 Å². The molecule has 0 saturated heterocycles. The van der Waals surface area contributed by atoms with Crippen molar-refractivity contribution in [2.75, 3.05) is 26.7 Å². The van der Waals surface area contributed by atoms with Crippen molar-refractivity contribution in [1.82, 2.24) is 14.9 Å². The van der Waals surface area contributed by atoms with Crippen LogP contribution in [0.5, 0.6) is 0 Å². The third-order valence-electron chi connectivity index (χ3n) is 5.18. The third kappa shape index (κ3) is 7.14. The molecule has 6 nitrogen and oxygen atoms in total. The van der Waals surface area contributed by atoms with E-state index in [4.69, 9.17) is 0 Å². The van der Waals surface area contributed by atoms with E-state index in [1.54, 1.807) is 13.1 Å². The molecule has 2 rings (SSSR count). The van der Waals surface area contributed by atoms with E-state index < -0.39 is 10.0 Å². The standard InChI is InChI=1S/C19H34N4O2S2.HI/c1-5-23(6-2)27(24,25)18-12-11-17(26-18)13-14-21-19(20-4)22-16-9-7-15(3)8-10-16;/h11-12,15-16H,5-10,13-14H2,1-4H3,(H2,20,21,22);1H. The summed E-state index contributed by atoms with van der Waals surface area (Å²) in [6.07, 6.45) is 5.71. The monoisotopic (exact) mass is 542 g/mol. The molecule has 0 spiro atoms. The van der Waals surface area contributed by atoms with Crippen molar-refractivity contribution in [2.24, 2.45) is 10.9 Å². The summed E-state index contributed by atoms with van der Waals surface area (Å²) in [4.78, 5) is 5.38. The maximum atomic E-state index is 12.6. The van der Waals surface area contributed by atoms with Gasteiger partial charge >= 0.3 is 0 Å². The third-order valence-corrected chi connectivity index (χ3v) is 8.84. The molecule has 0 aliphatic heterocycles. The van der Waals surface area contributed by atoms with Gasteiger partial charge in [-0.15, -0.1) is 35.3 Å². The van der Waals surface area contributed by atoms with Gasteiger partial charge in [-0.25, -0.2) is 8.42 Å². The van der Waals surface area contributed by atoms with Gasteiger partial charge in [0.05, 0.1) is 0 Å². The first-order valence-corrected chi connectivity index (χ1v) is 12.2. The van der Waals surface area contributed by atoms with E-state index in [0.29, 0.717) is 23.3 Å². The molecule has 0 amide bonds. The van der Waals surface area contributed by atoms with Crippen molar-refractivity contribution in [2.45, 2.75) is 63.1 Å². The zero-order chi connectivity index (χ0) is 19.9. The van der Waals surface area contributed by atoms with Crippen LogP contribution in [0.1, 0.15) is 51.3 Å². The quantitative estimate of drug-likeness (QED) is 0.299. The van der Waals surface area contributed by atoms with Gasteiger partial charge < -0.3 is 10.6 Å². The van der Waals surface area contributed by atoms with Crippen molar-refractivity contribution in [3.63, 3.8) is 0 Å². The SMILES string of the molecule is CCN(CC)S(=O)(=O)c1ccc(CCNC(=NC)NC2CCC(C)CC2)s1.I. The summed E-state index contributed by atoms with van der Waals surface area (Å²) >= 11 is 1.36. The number of rotatable bonds is 8. The highest BCUT2D eigenvalue weighted by molar-refractivity contribution is 14.0. The molecule has 2 N–H and O–H groups in total. The number of hydrogen-bond donors (Lipinski definition) is 2. The maximum Gasteiger partial charge on any atom is 0.252 e. The number of thiophene rings is 1. The number of aliphatic imine (C=N–C) groups is 1. The highest BCUT2D eigenvalue weighted by Crippen LogP contribution is 2.25. The highest BCUT2D eigenvalue weighted by Gasteiger charge is 2.23. The molecule has 1 aromatic rings. The van der Waals surface area contributed by atoms with Crippen LogP contribution in [0.3, 0.4) is 0 Å². The van der Waals surface area contributed by atoms with Crippen molar-refractivity contribution in [3.05, 3.63) is 17.0 Å². The Morgan fingerprint density at radius 2 is 1.86 bits per heavy atom. The lowest BCUT2D eigenvalue weighted by molar-refractivity contribution is 0.329.